The lowest BCUT2D eigenvalue weighted by atomic mass is 9.74. The highest BCUT2D eigenvalue weighted by atomic mass is 19.1. The minimum Gasteiger partial charge on any atom is -0.392 e. The van der Waals surface area contributed by atoms with Crippen molar-refractivity contribution in [3.05, 3.63) is 35.6 Å². The molecule has 1 aromatic carbocycles. The third kappa shape index (κ3) is 3.56. The highest BCUT2D eigenvalue weighted by molar-refractivity contribution is 5.79. The standard InChI is InChI=1S/C18H24FNO3/c19-14-4-1-3-13(11-14)18(7-9-23-10-8-18)12-20-17(22)15-5-2-6-16(15)21/h1,3-4,11,15-16,21H,2,5-10,12H2,(H,20,22). The van der Waals surface area contributed by atoms with Crippen LogP contribution in [-0.4, -0.2) is 36.9 Å². The van der Waals surface area contributed by atoms with Crippen LogP contribution in [0, 0.1) is 11.7 Å². The molecule has 1 saturated heterocycles. The summed E-state index contributed by atoms with van der Waals surface area (Å²) >= 11 is 0. The van der Waals surface area contributed by atoms with E-state index in [-0.39, 0.29) is 23.1 Å². The first kappa shape index (κ1) is 16.4. The second kappa shape index (κ2) is 6.97. The van der Waals surface area contributed by atoms with Gasteiger partial charge in [-0.05, 0) is 49.8 Å². The van der Waals surface area contributed by atoms with E-state index in [1.807, 2.05) is 6.07 Å². The maximum absolute atomic E-state index is 13.6. The Morgan fingerprint density at radius 3 is 2.78 bits per heavy atom. The minimum absolute atomic E-state index is 0.0859. The fourth-order valence-corrected chi connectivity index (χ4v) is 3.78. The highest BCUT2D eigenvalue weighted by Gasteiger charge is 2.37. The third-order valence-corrected chi connectivity index (χ3v) is 5.30. The maximum Gasteiger partial charge on any atom is 0.225 e. The molecule has 2 atom stereocenters. The summed E-state index contributed by atoms with van der Waals surface area (Å²) in [5.41, 5.74) is 0.618. The smallest absolute Gasteiger partial charge is 0.225 e. The number of hydrogen-bond acceptors (Lipinski definition) is 3. The van der Waals surface area contributed by atoms with Crippen LogP contribution in [0.1, 0.15) is 37.7 Å². The van der Waals surface area contributed by atoms with E-state index in [0.717, 1.165) is 31.2 Å². The zero-order valence-electron chi connectivity index (χ0n) is 13.3. The summed E-state index contributed by atoms with van der Waals surface area (Å²) in [6, 6.07) is 6.63. The molecule has 1 saturated carbocycles. The molecule has 5 heteroatoms. The molecule has 2 unspecified atom stereocenters. The fourth-order valence-electron chi connectivity index (χ4n) is 3.78. The summed E-state index contributed by atoms with van der Waals surface area (Å²) in [6.07, 6.45) is 3.30. The average molecular weight is 321 g/mol. The summed E-state index contributed by atoms with van der Waals surface area (Å²) < 4.78 is 19.1. The zero-order chi connectivity index (χ0) is 16.3. The van der Waals surface area contributed by atoms with E-state index in [0.29, 0.717) is 26.2 Å². The normalized spacial score (nSPS) is 26.9. The van der Waals surface area contributed by atoms with Crippen LogP contribution in [0.2, 0.25) is 0 Å². The number of halogens is 1. The Kier molecular flexibility index (Phi) is 4.97. The van der Waals surface area contributed by atoms with Crippen molar-refractivity contribution in [2.24, 2.45) is 5.92 Å². The molecule has 23 heavy (non-hydrogen) atoms. The van der Waals surface area contributed by atoms with Gasteiger partial charge in [-0.3, -0.25) is 4.79 Å². The number of aliphatic hydroxyl groups excluding tert-OH is 1. The quantitative estimate of drug-likeness (QED) is 0.893. The molecule has 1 aliphatic heterocycles. The molecule has 1 aromatic rings. The van der Waals surface area contributed by atoms with Gasteiger partial charge in [-0.1, -0.05) is 12.1 Å². The van der Waals surface area contributed by atoms with Crippen LogP contribution in [0.15, 0.2) is 24.3 Å². The van der Waals surface area contributed by atoms with Crippen LogP contribution in [0.3, 0.4) is 0 Å². The van der Waals surface area contributed by atoms with E-state index in [1.54, 1.807) is 12.1 Å². The van der Waals surface area contributed by atoms with Crippen LogP contribution in [0.4, 0.5) is 4.39 Å². The lowest BCUT2D eigenvalue weighted by molar-refractivity contribution is -0.128. The molecule has 2 N–H and O–H groups in total. The van der Waals surface area contributed by atoms with Gasteiger partial charge in [0.2, 0.25) is 5.91 Å². The van der Waals surface area contributed by atoms with Gasteiger partial charge in [0.05, 0.1) is 12.0 Å². The van der Waals surface area contributed by atoms with E-state index in [4.69, 9.17) is 4.74 Å². The van der Waals surface area contributed by atoms with Gasteiger partial charge in [0.1, 0.15) is 5.82 Å². The maximum atomic E-state index is 13.6. The third-order valence-electron chi connectivity index (χ3n) is 5.30. The second-order valence-corrected chi connectivity index (χ2v) is 6.73. The Morgan fingerprint density at radius 2 is 2.13 bits per heavy atom. The number of amides is 1. The van der Waals surface area contributed by atoms with Crippen molar-refractivity contribution in [2.45, 2.75) is 43.6 Å². The topological polar surface area (TPSA) is 58.6 Å². The highest BCUT2D eigenvalue weighted by Crippen LogP contribution is 2.35. The largest absolute Gasteiger partial charge is 0.392 e. The van der Waals surface area contributed by atoms with Crippen molar-refractivity contribution < 1.29 is 19.0 Å². The van der Waals surface area contributed by atoms with Crippen LogP contribution >= 0.6 is 0 Å². The molecule has 3 rings (SSSR count). The van der Waals surface area contributed by atoms with Gasteiger partial charge in [-0.25, -0.2) is 4.39 Å². The Hall–Kier alpha value is -1.46. The molecule has 0 aromatic heterocycles. The SMILES string of the molecule is O=C(NCC1(c2cccc(F)c2)CCOCC1)C1CCCC1O. The molecular weight excluding hydrogens is 297 g/mol. The summed E-state index contributed by atoms with van der Waals surface area (Å²) in [6.45, 7) is 1.68. The molecule has 2 fully saturated rings. The monoisotopic (exact) mass is 321 g/mol. The predicted octanol–water partition coefficient (Wildman–Crippen LogP) is 2.15. The number of carbonyl (C=O) groups is 1. The first-order chi connectivity index (χ1) is 11.1. The summed E-state index contributed by atoms with van der Waals surface area (Å²) in [5.74, 6) is -0.650. The average Bonchev–Trinajstić information content (AvgIpc) is 3.00. The molecule has 126 valence electrons. The molecule has 0 spiro atoms. The van der Waals surface area contributed by atoms with E-state index in [2.05, 4.69) is 5.32 Å². The predicted molar refractivity (Wildman–Crippen MR) is 84.5 cm³/mol. The van der Waals surface area contributed by atoms with E-state index in [9.17, 15) is 14.3 Å². The van der Waals surface area contributed by atoms with E-state index < -0.39 is 6.10 Å². The van der Waals surface area contributed by atoms with Gasteiger partial charge >= 0.3 is 0 Å². The first-order valence-corrected chi connectivity index (χ1v) is 8.40. The Balaban J connectivity index is 1.73. The van der Waals surface area contributed by atoms with Gasteiger partial charge in [0.25, 0.3) is 0 Å². The molecule has 2 aliphatic rings. The van der Waals surface area contributed by atoms with Gasteiger partial charge in [-0.2, -0.15) is 0 Å². The first-order valence-electron chi connectivity index (χ1n) is 8.40. The van der Waals surface area contributed by atoms with Gasteiger partial charge in [0.15, 0.2) is 0 Å². The number of aliphatic hydroxyl groups is 1. The lowest BCUT2D eigenvalue weighted by Crippen LogP contribution is -2.46. The fraction of sp³-hybridized carbons (Fsp3) is 0.611. The summed E-state index contributed by atoms with van der Waals surface area (Å²) in [7, 11) is 0. The number of rotatable bonds is 4. The molecular formula is C18H24FNO3. The molecule has 0 bridgehead atoms. The van der Waals surface area contributed by atoms with Gasteiger partial charge < -0.3 is 15.2 Å². The molecule has 4 nitrogen and oxygen atoms in total. The van der Waals surface area contributed by atoms with Crippen LogP contribution in [0.5, 0.6) is 0 Å². The number of ether oxygens (including phenoxy) is 1. The van der Waals surface area contributed by atoms with Crippen molar-refractivity contribution in [1.29, 1.82) is 0 Å². The van der Waals surface area contributed by atoms with Crippen molar-refractivity contribution in [1.82, 2.24) is 5.32 Å². The molecule has 1 amide bonds. The van der Waals surface area contributed by atoms with Crippen molar-refractivity contribution in [2.75, 3.05) is 19.8 Å². The van der Waals surface area contributed by atoms with Crippen molar-refractivity contribution in [3.8, 4) is 0 Å². The van der Waals surface area contributed by atoms with Crippen molar-refractivity contribution in [3.63, 3.8) is 0 Å². The second-order valence-electron chi connectivity index (χ2n) is 6.73. The van der Waals surface area contributed by atoms with Crippen LogP contribution in [-0.2, 0) is 14.9 Å². The van der Waals surface area contributed by atoms with E-state index in [1.165, 1.54) is 6.07 Å². The summed E-state index contributed by atoms with van der Waals surface area (Å²) in [4.78, 5) is 12.4. The van der Waals surface area contributed by atoms with E-state index >= 15 is 0 Å². The number of nitrogens with one attached hydrogen (secondary N) is 1. The van der Waals surface area contributed by atoms with Gasteiger partial charge in [-0.15, -0.1) is 0 Å². The molecule has 1 aliphatic carbocycles. The van der Waals surface area contributed by atoms with Crippen molar-refractivity contribution >= 4 is 5.91 Å². The lowest BCUT2D eigenvalue weighted by Gasteiger charge is -2.38. The van der Waals surface area contributed by atoms with Crippen LogP contribution < -0.4 is 5.32 Å². The number of carbonyl (C=O) groups excluding carboxylic acids is 1. The minimum atomic E-state index is -0.533. The Bertz CT molecular complexity index is 557. The number of hydrogen-bond donors (Lipinski definition) is 2. The number of benzene rings is 1. The molecule has 0 radical (unpaired) electrons. The molecule has 1 heterocycles. The Morgan fingerprint density at radius 1 is 1.35 bits per heavy atom. The summed E-state index contributed by atoms with van der Waals surface area (Å²) in [5, 5.41) is 12.9. The Labute approximate surface area is 136 Å². The van der Waals surface area contributed by atoms with Gasteiger partial charge in [0, 0.05) is 25.2 Å². The zero-order valence-corrected chi connectivity index (χ0v) is 13.3. The van der Waals surface area contributed by atoms with Crippen LogP contribution in [0.25, 0.3) is 0 Å².